The molecule has 8 nitrogen and oxygen atoms in total. The third-order valence-electron chi connectivity index (χ3n) is 5.45. The van der Waals surface area contributed by atoms with E-state index in [1.165, 1.54) is 51.6 Å². The van der Waals surface area contributed by atoms with Gasteiger partial charge in [0, 0.05) is 6.42 Å². The van der Waals surface area contributed by atoms with Gasteiger partial charge in [-0.1, -0.05) is 17.7 Å². The third-order valence-corrected chi connectivity index (χ3v) is 6.72. The van der Waals surface area contributed by atoms with Crippen LogP contribution in [0.3, 0.4) is 0 Å². The molecule has 0 bridgehead atoms. The number of hydrogen-bond acceptors (Lipinski definition) is 7. The molecule has 1 aliphatic heterocycles. The van der Waals surface area contributed by atoms with E-state index in [0.29, 0.717) is 23.6 Å². The van der Waals surface area contributed by atoms with Crippen LogP contribution in [-0.4, -0.2) is 39.0 Å². The number of furan rings is 1. The minimum absolute atomic E-state index is 0.000746. The van der Waals surface area contributed by atoms with Gasteiger partial charge in [0.2, 0.25) is 0 Å². The van der Waals surface area contributed by atoms with Gasteiger partial charge < -0.3 is 9.15 Å². The summed E-state index contributed by atoms with van der Waals surface area (Å²) in [6, 6.07) is 12.4. The van der Waals surface area contributed by atoms with Gasteiger partial charge in [0.05, 0.1) is 28.2 Å². The molecular weight excluding hydrogens is 495 g/mol. The molecule has 0 saturated heterocycles. The standard InChI is InChI=1S/C24H18ClFN4O4S/c1-14-22(23(25)29(27-14)16-8-6-15(26)7-9-16)24(32)34-13-21(31)30-18(19-4-2-10-33-19)12-17(28-30)20-5-3-11-35-20/h2-11,18H,12-13H2,1H3/t18-/m1/s1. The first-order valence-electron chi connectivity index (χ1n) is 10.6. The number of thiophene rings is 1. The SMILES string of the molecule is Cc1nn(-c2ccc(F)cc2)c(Cl)c1C(=O)OCC(=O)N1N=C(c2cccs2)C[C@@H]1c1ccco1. The van der Waals surface area contributed by atoms with Crippen molar-refractivity contribution in [1.82, 2.24) is 14.8 Å². The van der Waals surface area contributed by atoms with Crippen molar-refractivity contribution in [3.63, 3.8) is 0 Å². The zero-order valence-corrected chi connectivity index (χ0v) is 19.9. The highest BCUT2D eigenvalue weighted by Crippen LogP contribution is 2.34. The van der Waals surface area contributed by atoms with Gasteiger partial charge in [-0.05, 0) is 54.8 Å². The van der Waals surface area contributed by atoms with Crippen LogP contribution < -0.4 is 0 Å². The fourth-order valence-electron chi connectivity index (χ4n) is 3.78. The molecule has 4 heterocycles. The fraction of sp³-hybridized carbons (Fsp3) is 0.167. The molecule has 35 heavy (non-hydrogen) atoms. The minimum atomic E-state index is -0.801. The van der Waals surface area contributed by atoms with E-state index < -0.39 is 30.3 Å². The highest BCUT2D eigenvalue weighted by Gasteiger charge is 2.36. The Morgan fingerprint density at radius 1 is 1.23 bits per heavy atom. The Balaban J connectivity index is 1.33. The van der Waals surface area contributed by atoms with Crippen molar-refractivity contribution in [1.29, 1.82) is 0 Å². The van der Waals surface area contributed by atoms with Crippen molar-refractivity contribution in [2.24, 2.45) is 5.10 Å². The summed E-state index contributed by atoms with van der Waals surface area (Å²) in [6.45, 7) is 1.05. The molecule has 0 fully saturated rings. The van der Waals surface area contributed by atoms with Crippen molar-refractivity contribution >= 4 is 40.5 Å². The van der Waals surface area contributed by atoms with Crippen molar-refractivity contribution in [2.75, 3.05) is 6.61 Å². The fourth-order valence-corrected chi connectivity index (χ4v) is 4.85. The second-order valence-electron chi connectivity index (χ2n) is 7.71. The zero-order chi connectivity index (χ0) is 24.5. The Bertz CT molecular complexity index is 1400. The molecule has 1 amide bonds. The lowest BCUT2D eigenvalue weighted by molar-refractivity contribution is -0.136. The van der Waals surface area contributed by atoms with Gasteiger partial charge in [0.25, 0.3) is 5.91 Å². The Labute approximate surface area is 208 Å². The Kier molecular flexibility index (Phi) is 6.23. The molecule has 3 aromatic heterocycles. The third kappa shape index (κ3) is 4.50. The maximum Gasteiger partial charge on any atom is 0.343 e. The smallest absolute Gasteiger partial charge is 0.343 e. The number of halogens is 2. The molecule has 0 unspecified atom stereocenters. The number of nitrogens with zero attached hydrogens (tertiary/aromatic N) is 4. The van der Waals surface area contributed by atoms with E-state index in [1.807, 2.05) is 17.5 Å². The molecule has 0 spiro atoms. The Morgan fingerprint density at radius 2 is 2.03 bits per heavy atom. The second kappa shape index (κ2) is 9.47. The number of carbonyl (C=O) groups is 2. The number of aryl methyl sites for hydroxylation is 1. The number of carbonyl (C=O) groups excluding carboxylic acids is 2. The monoisotopic (exact) mass is 512 g/mol. The lowest BCUT2D eigenvalue weighted by Gasteiger charge is -2.19. The van der Waals surface area contributed by atoms with Crippen molar-refractivity contribution in [3.8, 4) is 5.69 Å². The summed E-state index contributed by atoms with van der Waals surface area (Å²) in [5, 5.41) is 12.0. The van der Waals surface area contributed by atoms with Crippen LogP contribution in [-0.2, 0) is 9.53 Å². The van der Waals surface area contributed by atoms with E-state index in [2.05, 4.69) is 10.2 Å². The second-order valence-corrected chi connectivity index (χ2v) is 9.02. The van der Waals surface area contributed by atoms with Crippen LogP contribution in [0.2, 0.25) is 5.15 Å². The summed E-state index contributed by atoms with van der Waals surface area (Å²) < 4.78 is 25.4. The van der Waals surface area contributed by atoms with Gasteiger partial charge in [-0.3, -0.25) is 4.79 Å². The van der Waals surface area contributed by atoms with Gasteiger partial charge in [-0.2, -0.15) is 10.2 Å². The number of amides is 1. The maximum absolute atomic E-state index is 13.3. The van der Waals surface area contributed by atoms with E-state index in [0.717, 1.165) is 10.6 Å². The first-order chi connectivity index (χ1) is 16.9. The number of hydrogen-bond donors (Lipinski definition) is 0. The normalized spacial score (nSPS) is 15.3. The Hall–Kier alpha value is -3.76. The average molecular weight is 513 g/mol. The largest absolute Gasteiger partial charge is 0.467 e. The van der Waals surface area contributed by atoms with Crippen LogP contribution in [0.4, 0.5) is 4.39 Å². The molecule has 1 atom stereocenters. The minimum Gasteiger partial charge on any atom is -0.467 e. The van der Waals surface area contributed by atoms with E-state index in [1.54, 1.807) is 19.1 Å². The highest BCUT2D eigenvalue weighted by molar-refractivity contribution is 7.12. The van der Waals surface area contributed by atoms with Crippen molar-refractivity contribution in [3.05, 3.63) is 93.0 Å². The van der Waals surface area contributed by atoms with Gasteiger partial charge in [-0.15, -0.1) is 11.3 Å². The summed E-state index contributed by atoms with van der Waals surface area (Å²) in [5.74, 6) is -1.14. The predicted molar refractivity (Wildman–Crippen MR) is 127 cm³/mol. The van der Waals surface area contributed by atoms with Gasteiger partial charge in [0.15, 0.2) is 6.61 Å². The van der Waals surface area contributed by atoms with E-state index >= 15 is 0 Å². The maximum atomic E-state index is 13.3. The summed E-state index contributed by atoms with van der Waals surface area (Å²) in [4.78, 5) is 26.8. The number of aromatic nitrogens is 2. The quantitative estimate of drug-likeness (QED) is 0.333. The number of ether oxygens (including phenoxy) is 1. The predicted octanol–water partition coefficient (Wildman–Crippen LogP) is 5.16. The van der Waals surface area contributed by atoms with Crippen LogP contribution in [0.25, 0.3) is 5.69 Å². The van der Waals surface area contributed by atoms with Crippen LogP contribution in [0.5, 0.6) is 0 Å². The summed E-state index contributed by atoms with van der Waals surface area (Å²) >= 11 is 7.91. The lowest BCUT2D eigenvalue weighted by atomic mass is 10.1. The molecule has 0 aliphatic carbocycles. The van der Waals surface area contributed by atoms with E-state index in [-0.39, 0.29) is 10.7 Å². The number of rotatable bonds is 6. The van der Waals surface area contributed by atoms with Crippen LogP contribution in [0.1, 0.15) is 39.2 Å². The lowest BCUT2D eigenvalue weighted by Crippen LogP contribution is -2.31. The van der Waals surface area contributed by atoms with Crippen molar-refractivity contribution in [2.45, 2.75) is 19.4 Å². The number of hydrazone groups is 1. The highest BCUT2D eigenvalue weighted by atomic mass is 35.5. The summed E-state index contributed by atoms with van der Waals surface area (Å²) in [7, 11) is 0. The summed E-state index contributed by atoms with van der Waals surface area (Å²) in [6.07, 6.45) is 2.01. The molecule has 4 aromatic rings. The number of esters is 1. The first-order valence-corrected chi connectivity index (χ1v) is 11.8. The van der Waals surface area contributed by atoms with Gasteiger partial charge in [-0.25, -0.2) is 18.9 Å². The molecule has 0 radical (unpaired) electrons. The molecule has 178 valence electrons. The van der Waals surface area contributed by atoms with Crippen LogP contribution in [0.15, 0.2) is 69.7 Å². The Morgan fingerprint density at radius 3 is 2.71 bits per heavy atom. The molecule has 1 aliphatic rings. The van der Waals surface area contributed by atoms with E-state index in [9.17, 15) is 14.0 Å². The van der Waals surface area contributed by atoms with Crippen molar-refractivity contribution < 1.29 is 23.1 Å². The first kappa shape index (κ1) is 23.0. The molecule has 0 N–H and O–H groups in total. The van der Waals surface area contributed by atoms with Gasteiger partial charge in [0.1, 0.15) is 28.3 Å². The summed E-state index contributed by atoms with van der Waals surface area (Å²) in [5.41, 5.74) is 1.56. The molecule has 5 rings (SSSR count). The number of benzene rings is 1. The van der Waals surface area contributed by atoms with Crippen LogP contribution >= 0.6 is 22.9 Å². The van der Waals surface area contributed by atoms with E-state index in [4.69, 9.17) is 20.8 Å². The van der Waals surface area contributed by atoms with Crippen LogP contribution in [0, 0.1) is 12.7 Å². The molecule has 0 saturated carbocycles. The molecule has 1 aromatic carbocycles. The average Bonchev–Trinajstić information content (AvgIpc) is 3.64. The van der Waals surface area contributed by atoms with Gasteiger partial charge >= 0.3 is 5.97 Å². The topological polar surface area (TPSA) is 89.9 Å². The molecule has 11 heteroatoms. The molecular formula is C24H18ClFN4O4S. The zero-order valence-electron chi connectivity index (χ0n) is 18.4.